The van der Waals surface area contributed by atoms with Gasteiger partial charge < -0.3 is 10.0 Å². The molecule has 1 heterocycles. The van der Waals surface area contributed by atoms with Crippen LogP contribution in [0.5, 0.6) is 0 Å². The van der Waals surface area contributed by atoms with Crippen LogP contribution in [0.15, 0.2) is 36.5 Å². The van der Waals surface area contributed by atoms with Gasteiger partial charge in [-0.2, -0.15) is 0 Å². The highest BCUT2D eigenvalue weighted by Gasteiger charge is 2.21. The maximum Gasteiger partial charge on any atom is 0.305 e. The van der Waals surface area contributed by atoms with Gasteiger partial charge in [-0.3, -0.25) is 9.59 Å². The molecule has 0 bridgehead atoms. The fourth-order valence-electron chi connectivity index (χ4n) is 2.18. The van der Waals surface area contributed by atoms with E-state index < -0.39 is 5.97 Å². The molecule has 0 aliphatic rings. The molecule has 0 fully saturated rings. The van der Waals surface area contributed by atoms with Crippen LogP contribution < -0.4 is 0 Å². The average Bonchev–Trinajstić information content (AvgIpc) is 3.01. The Hall–Kier alpha value is -2.70. The second-order valence-corrected chi connectivity index (χ2v) is 5.67. The number of carboxylic acids is 1. The Morgan fingerprint density at radius 2 is 1.96 bits per heavy atom. The molecule has 2 aromatic rings. The molecule has 0 aliphatic carbocycles. The Morgan fingerprint density at radius 3 is 2.57 bits per heavy atom. The molecule has 0 unspecified atom stereocenters. The zero-order valence-corrected chi connectivity index (χ0v) is 13.2. The minimum atomic E-state index is -0.931. The summed E-state index contributed by atoms with van der Waals surface area (Å²) in [6.45, 7) is 4.58. The Kier molecular flexibility index (Phi) is 5.46. The average molecular weight is 316 g/mol. The minimum absolute atomic E-state index is 0.0920. The van der Waals surface area contributed by atoms with Gasteiger partial charge in [-0.25, -0.2) is 4.68 Å². The molecule has 1 aromatic carbocycles. The van der Waals surface area contributed by atoms with Crippen LogP contribution in [-0.2, 0) is 4.79 Å². The molecule has 0 radical (unpaired) electrons. The summed E-state index contributed by atoms with van der Waals surface area (Å²) >= 11 is 0. The molecule has 122 valence electrons. The standard InChI is InChI=1S/C16H20N4O3/c1-12(2)10-19(9-8-15(21)22)16(23)14-11-20(18-17-14)13-6-4-3-5-7-13/h3-7,11-12H,8-10H2,1-2H3,(H,21,22). The number of nitrogens with zero attached hydrogens (tertiary/aromatic N) is 4. The summed E-state index contributed by atoms with van der Waals surface area (Å²) in [5.41, 5.74) is 1.01. The molecular weight excluding hydrogens is 296 g/mol. The van der Waals surface area contributed by atoms with E-state index in [1.165, 1.54) is 9.58 Å². The molecule has 0 atom stereocenters. The third kappa shape index (κ3) is 4.64. The molecule has 0 aliphatic heterocycles. The first-order valence-corrected chi connectivity index (χ1v) is 7.46. The van der Waals surface area contributed by atoms with Crippen LogP contribution in [0, 0.1) is 5.92 Å². The van der Waals surface area contributed by atoms with E-state index in [1.807, 2.05) is 44.2 Å². The van der Waals surface area contributed by atoms with Gasteiger partial charge >= 0.3 is 5.97 Å². The molecule has 0 saturated heterocycles. The second-order valence-electron chi connectivity index (χ2n) is 5.67. The third-order valence-electron chi connectivity index (χ3n) is 3.20. The van der Waals surface area contributed by atoms with Gasteiger partial charge in [0.1, 0.15) is 0 Å². The van der Waals surface area contributed by atoms with Crippen molar-refractivity contribution in [3.05, 3.63) is 42.2 Å². The van der Waals surface area contributed by atoms with Gasteiger partial charge in [0.15, 0.2) is 5.69 Å². The number of carboxylic acid groups (broad SMARTS) is 1. The van der Waals surface area contributed by atoms with E-state index >= 15 is 0 Å². The number of hydrogen-bond donors (Lipinski definition) is 1. The van der Waals surface area contributed by atoms with E-state index in [9.17, 15) is 9.59 Å². The van der Waals surface area contributed by atoms with Gasteiger partial charge in [-0.05, 0) is 18.1 Å². The van der Waals surface area contributed by atoms with E-state index in [-0.39, 0.29) is 30.5 Å². The lowest BCUT2D eigenvalue weighted by Crippen LogP contribution is -2.36. The lowest BCUT2D eigenvalue weighted by molar-refractivity contribution is -0.137. The molecule has 1 aromatic heterocycles. The third-order valence-corrected chi connectivity index (χ3v) is 3.20. The van der Waals surface area contributed by atoms with Crippen LogP contribution in [-0.4, -0.2) is 50.0 Å². The highest BCUT2D eigenvalue weighted by atomic mass is 16.4. The summed E-state index contributed by atoms with van der Waals surface area (Å²) in [6.07, 6.45) is 1.47. The van der Waals surface area contributed by atoms with Crippen LogP contribution in [0.1, 0.15) is 30.8 Å². The van der Waals surface area contributed by atoms with Gasteiger partial charge in [0.25, 0.3) is 5.91 Å². The van der Waals surface area contributed by atoms with E-state index in [0.29, 0.717) is 6.54 Å². The lowest BCUT2D eigenvalue weighted by atomic mass is 10.2. The van der Waals surface area contributed by atoms with Crippen molar-refractivity contribution in [3.63, 3.8) is 0 Å². The Balaban J connectivity index is 2.16. The fourth-order valence-corrected chi connectivity index (χ4v) is 2.18. The van der Waals surface area contributed by atoms with Crippen molar-refractivity contribution >= 4 is 11.9 Å². The van der Waals surface area contributed by atoms with Crippen LogP contribution >= 0.6 is 0 Å². The molecule has 0 spiro atoms. The fraction of sp³-hybridized carbons (Fsp3) is 0.375. The highest BCUT2D eigenvalue weighted by molar-refractivity contribution is 5.92. The van der Waals surface area contributed by atoms with Crippen LogP contribution in [0.2, 0.25) is 0 Å². The Bertz CT molecular complexity index is 667. The van der Waals surface area contributed by atoms with Crippen molar-refractivity contribution in [1.29, 1.82) is 0 Å². The van der Waals surface area contributed by atoms with E-state index in [2.05, 4.69) is 10.3 Å². The van der Waals surface area contributed by atoms with Crippen LogP contribution in [0.4, 0.5) is 0 Å². The topological polar surface area (TPSA) is 88.3 Å². The number of hydrogen-bond acceptors (Lipinski definition) is 4. The zero-order valence-electron chi connectivity index (χ0n) is 13.2. The molecule has 7 heteroatoms. The van der Waals surface area contributed by atoms with Gasteiger partial charge in [-0.1, -0.05) is 37.3 Å². The molecular formula is C16H20N4O3. The number of rotatable bonds is 7. The first kappa shape index (κ1) is 16.7. The molecule has 0 saturated carbocycles. The quantitative estimate of drug-likeness (QED) is 0.842. The summed E-state index contributed by atoms with van der Waals surface area (Å²) < 4.78 is 1.53. The number of carbonyl (C=O) groups is 2. The van der Waals surface area contributed by atoms with Crippen molar-refractivity contribution in [2.75, 3.05) is 13.1 Å². The summed E-state index contributed by atoms with van der Waals surface area (Å²) in [6, 6.07) is 9.36. The van der Waals surface area contributed by atoms with Gasteiger partial charge in [0.05, 0.1) is 18.3 Å². The number of carbonyl (C=O) groups excluding carboxylic acids is 1. The predicted molar refractivity (Wildman–Crippen MR) is 84.4 cm³/mol. The van der Waals surface area contributed by atoms with Gasteiger partial charge in [0.2, 0.25) is 0 Å². The predicted octanol–water partition coefficient (Wildman–Crippen LogP) is 1.84. The zero-order chi connectivity index (χ0) is 16.8. The summed E-state index contributed by atoms with van der Waals surface area (Å²) in [5.74, 6) is -1.00. The minimum Gasteiger partial charge on any atom is -0.481 e. The summed E-state index contributed by atoms with van der Waals surface area (Å²) in [7, 11) is 0. The first-order valence-electron chi connectivity index (χ1n) is 7.46. The summed E-state index contributed by atoms with van der Waals surface area (Å²) in [4.78, 5) is 24.8. The molecule has 2 rings (SSSR count). The van der Waals surface area contributed by atoms with Crippen molar-refractivity contribution < 1.29 is 14.7 Å². The number of amides is 1. The molecule has 1 amide bonds. The number of para-hydroxylation sites is 1. The monoisotopic (exact) mass is 316 g/mol. The van der Waals surface area contributed by atoms with Crippen LogP contribution in [0.25, 0.3) is 5.69 Å². The number of benzene rings is 1. The van der Waals surface area contributed by atoms with Crippen molar-refractivity contribution in [3.8, 4) is 5.69 Å². The SMILES string of the molecule is CC(C)CN(CCC(=O)O)C(=O)c1cn(-c2ccccc2)nn1. The van der Waals surface area contributed by atoms with Gasteiger partial charge in [0, 0.05) is 13.1 Å². The largest absolute Gasteiger partial charge is 0.481 e. The van der Waals surface area contributed by atoms with Crippen LogP contribution in [0.3, 0.4) is 0 Å². The van der Waals surface area contributed by atoms with Crippen molar-refractivity contribution in [2.24, 2.45) is 5.92 Å². The maximum atomic E-state index is 12.6. The first-order chi connectivity index (χ1) is 11.0. The molecule has 23 heavy (non-hydrogen) atoms. The Labute approximate surface area is 134 Å². The highest BCUT2D eigenvalue weighted by Crippen LogP contribution is 2.09. The number of aromatic nitrogens is 3. The smallest absolute Gasteiger partial charge is 0.305 e. The lowest BCUT2D eigenvalue weighted by Gasteiger charge is -2.22. The molecule has 7 nitrogen and oxygen atoms in total. The molecule has 1 N–H and O–H groups in total. The maximum absolute atomic E-state index is 12.6. The van der Waals surface area contributed by atoms with E-state index in [1.54, 1.807) is 6.20 Å². The summed E-state index contributed by atoms with van der Waals surface area (Å²) in [5, 5.41) is 16.7. The van der Waals surface area contributed by atoms with Gasteiger partial charge in [-0.15, -0.1) is 5.10 Å². The normalized spacial score (nSPS) is 10.7. The van der Waals surface area contributed by atoms with Crippen molar-refractivity contribution in [2.45, 2.75) is 20.3 Å². The van der Waals surface area contributed by atoms with E-state index in [0.717, 1.165) is 5.69 Å². The van der Waals surface area contributed by atoms with Crippen molar-refractivity contribution in [1.82, 2.24) is 19.9 Å². The Morgan fingerprint density at radius 1 is 1.26 bits per heavy atom. The van der Waals surface area contributed by atoms with E-state index in [4.69, 9.17) is 5.11 Å². The second kappa shape index (κ2) is 7.53. The number of aliphatic carboxylic acids is 1.